The smallest absolute Gasteiger partial charge is 0.252 e. The van der Waals surface area contributed by atoms with Crippen molar-refractivity contribution in [1.29, 1.82) is 0 Å². The number of nitrogens with zero attached hydrogens (tertiary/aromatic N) is 5. The van der Waals surface area contributed by atoms with Crippen LogP contribution in [0.5, 0.6) is 0 Å². The van der Waals surface area contributed by atoms with Gasteiger partial charge in [-0.05, 0) is 44.5 Å². The highest BCUT2D eigenvalue weighted by Crippen LogP contribution is 2.29. The number of piperidine rings is 1. The van der Waals surface area contributed by atoms with Crippen molar-refractivity contribution in [2.45, 2.75) is 32.2 Å². The Hall–Kier alpha value is -2.73. The first-order valence-electron chi connectivity index (χ1n) is 9.13. The Morgan fingerprint density at radius 3 is 3.08 bits per heavy atom. The van der Waals surface area contributed by atoms with E-state index in [4.69, 9.17) is 4.42 Å². The van der Waals surface area contributed by atoms with Crippen LogP contribution in [0, 0.1) is 6.92 Å². The number of benzene rings is 1. The highest BCUT2D eigenvalue weighted by molar-refractivity contribution is 5.77. The Kier molecular flexibility index (Phi) is 3.71. The molecule has 1 aromatic carbocycles. The number of likely N-dealkylation sites (tertiary alicyclic amines) is 1. The highest BCUT2D eigenvalue weighted by atomic mass is 16.3. The molecule has 6 heteroatoms. The molecule has 1 unspecified atom stereocenters. The molecule has 1 aliphatic heterocycles. The largest absolute Gasteiger partial charge is 0.460 e. The lowest BCUT2D eigenvalue weighted by molar-refractivity contribution is 0.185. The summed E-state index contributed by atoms with van der Waals surface area (Å²) in [5.41, 5.74) is 3.17. The Bertz CT molecular complexity index is 1030. The predicted molar refractivity (Wildman–Crippen MR) is 99.0 cm³/mol. The lowest BCUT2D eigenvalue weighted by Crippen LogP contribution is -2.34. The number of fused-ring (bicyclic) bond motifs is 2. The van der Waals surface area contributed by atoms with E-state index >= 15 is 0 Å². The molecular weight excluding hydrogens is 326 g/mol. The van der Waals surface area contributed by atoms with Crippen molar-refractivity contribution in [2.24, 2.45) is 0 Å². The third kappa shape index (κ3) is 2.76. The molecule has 1 fully saturated rings. The average molecular weight is 347 g/mol. The average Bonchev–Trinajstić information content (AvgIpc) is 3.27. The van der Waals surface area contributed by atoms with Crippen LogP contribution in [0.3, 0.4) is 0 Å². The van der Waals surface area contributed by atoms with Gasteiger partial charge in [-0.15, -0.1) is 0 Å². The van der Waals surface area contributed by atoms with Gasteiger partial charge in [-0.1, -0.05) is 18.2 Å². The zero-order chi connectivity index (χ0) is 17.5. The van der Waals surface area contributed by atoms with Gasteiger partial charge in [0.15, 0.2) is 0 Å². The van der Waals surface area contributed by atoms with E-state index in [0.29, 0.717) is 11.7 Å². The maximum absolute atomic E-state index is 6.01. The monoisotopic (exact) mass is 347 g/mol. The minimum Gasteiger partial charge on any atom is -0.460 e. The Morgan fingerprint density at radius 1 is 1.23 bits per heavy atom. The van der Waals surface area contributed by atoms with Crippen LogP contribution in [0.1, 0.15) is 35.9 Å². The predicted octanol–water partition coefficient (Wildman–Crippen LogP) is 3.56. The summed E-state index contributed by atoms with van der Waals surface area (Å²) in [5, 5.41) is 5.55. The number of hydrogen-bond donors (Lipinski definition) is 0. The molecule has 0 spiro atoms. The number of para-hydroxylation sites is 1. The van der Waals surface area contributed by atoms with Crippen molar-refractivity contribution in [2.75, 3.05) is 13.1 Å². The van der Waals surface area contributed by atoms with Gasteiger partial charge in [-0.25, -0.2) is 9.50 Å². The number of hydrogen-bond acceptors (Lipinski definition) is 5. The molecule has 6 nitrogen and oxygen atoms in total. The summed E-state index contributed by atoms with van der Waals surface area (Å²) in [4.78, 5) is 11.2. The zero-order valence-electron chi connectivity index (χ0n) is 14.8. The fourth-order valence-corrected chi connectivity index (χ4v) is 4.03. The van der Waals surface area contributed by atoms with Crippen LogP contribution in [0.4, 0.5) is 0 Å². The summed E-state index contributed by atoms with van der Waals surface area (Å²) in [5.74, 6) is 2.15. The van der Waals surface area contributed by atoms with Gasteiger partial charge in [0.1, 0.15) is 17.7 Å². The van der Waals surface area contributed by atoms with Crippen molar-refractivity contribution in [3.63, 3.8) is 0 Å². The standard InChI is InChI=1S/C20H21N5O/c1-14-9-18(25-20(23-14)21-13-22-25)16-6-4-8-24(11-16)12-17-10-15-5-2-3-7-19(15)26-17/h2-3,5,7,9-10,13,16H,4,6,8,11-12H2,1H3. The summed E-state index contributed by atoms with van der Waals surface area (Å²) in [6.45, 7) is 4.95. The summed E-state index contributed by atoms with van der Waals surface area (Å²) in [6.07, 6.45) is 3.91. The topological polar surface area (TPSA) is 59.5 Å². The molecule has 5 rings (SSSR count). The van der Waals surface area contributed by atoms with Gasteiger partial charge >= 0.3 is 0 Å². The van der Waals surface area contributed by atoms with Gasteiger partial charge in [0.25, 0.3) is 5.78 Å². The fourth-order valence-electron chi connectivity index (χ4n) is 4.03. The van der Waals surface area contributed by atoms with Crippen LogP contribution >= 0.6 is 0 Å². The lowest BCUT2D eigenvalue weighted by atomic mass is 9.94. The molecule has 0 bridgehead atoms. The summed E-state index contributed by atoms with van der Waals surface area (Å²) < 4.78 is 7.90. The molecule has 0 N–H and O–H groups in total. The highest BCUT2D eigenvalue weighted by Gasteiger charge is 2.25. The van der Waals surface area contributed by atoms with Gasteiger partial charge < -0.3 is 4.42 Å². The maximum atomic E-state index is 6.01. The molecule has 0 amide bonds. The minimum atomic E-state index is 0.430. The summed E-state index contributed by atoms with van der Waals surface area (Å²) in [7, 11) is 0. The van der Waals surface area contributed by atoms with Crippen molar-refractivity contribution in [3.05, 3.63) is 59.9 Å². The first-order chi connectivity index (χ1) is 12.8. The zero-order valence-corrected chi connectivity index (χ0v) is 14.8. The van der Waals surface area contributed by atoms with Gasteiger partial charge in [-0.3, -0.25) is 4.90 Å². The van der Waals surface area contributed by atoms with E-state index < -0.39 is 0 Å². The molecule has 1 atom stereocenters. The number of aryl methyl sites for hydroxylation is 1. The quantitative estimate of drug-likeness (QED) is 0.567. The van der Waals surface area contributed by atoms with E-state index in [9.17, 15) is 0 Å². The molecule has 26 heavy (non-hydrogen) atoms. The summed E-state index contributed by atoms with van der Waals surface area (Å²) >= 11 is 0. The van der Waals surface area contributed by atoms with Crippen molar-refractivity contribution >= 4 is 16.7 Å². The Balaban J connectivity index is 1.39. The second kappa shape index (κ2) is 6.21. The first kappa shape index (κ1) is 15.5. The van der Waals surface area contributed by atoms with Gasteiger partial charge in [0.05, 0.1) is 12.2 Å². The van der Waals surface area contributed by atoms with E-state index in [1.54, 1.807) is 6.33 Å². The van der Waals surface area contributed by atoms with Crippen LogP contribution in [0.25, 0.3) is 16.7 Å². The van der Waals surface area contributed by atoms with Crippen molar-refractivity contribution in [1.82, 2.24) is 24.5 Å². The molecular formula is C20H21N5O. The van der Waals surface area contributed by atoms with Crippen LogP contribution in [-0.2, 0) is 6.54 Å². The van der Waals surface area contributed by atoms with Gasteiger partial charge in [0.2, 0.25) is 0 Å². The number of furan rings is 1. The SMILES string of the molecule is Cc1cc(C2CCCN(Cc3cc4ccccc4o3)C2)n2ncnc2n1. The third-order valence-electron chi connectivity index (χ3n) is 5.19. The van der Waals surface area contributed by atoms with Crippen LogP contribution in [0.2, 0.25) is 0 Å². The minimum absolute atomic E-state index is 0.430. The molecule has 0 radical (unpaired) electrons. The lowest BCUT2D eigenvalue weighted by Gasteiger charge is -2.32. The second-order valence-corrected chi connectivity index (χ2v) is 7.12. The molecule has 4 aromatic rings. The number of aromatic nitrogens is 4. The Morgan fingerprint density at radius 2 is 2.15 bits per heavy atom. The Labute approximate surface area is 151 Å². The molecule has 1 aliphatic rings. The molecule has 0 saturated carbocycles. The van der Waals surface area contributed by atoms with E-state index in [-0.39, 0.29) is 0 Å². The van der Waals surface area contributed by atoms with Gasteiger partial charge in [-0.2, -0.15) is 10.1 Å². The first-order valence-corrected chi connectivity index (χ1v) is 9.13. The van der Waals surface area contributed by atoms with Crippen LogP contribution in [0.15, 0.2) is 47.1 Å². The maximum Gasteiger partial charge on any atom is 0.252 e. The molecule has 4 heterocycles. The molecule has 1 saturated heterocycles. The normalized spacial score (nSPS) is 18.7. The summed E-state index contributed by atoms with van der Waals surface area (Å²) in [6, 6.07) is 12.5. The van der Waals surface area contributed by atoms with E-state index in [1.165, 1.54) is 17.5 Å². The van der Waals surface area contributed by atoms with Crippen molar-refractivity contribution < 1.29 is 4.42 Å². The number of rotatable bonds is 3. The van der Waals surface area contributed by atoms with E-state index in [1.807, 2.05) is 29.6 Å². The van der Waals surface area contributed by atoms with Crippen LogP contribution < -0.4 is 0 Å². The van der Waals surface area contributed by atoms with Gasteiger partial charge in [0, 0.05) is 23.5 Å². The van der Waals surface area contributed by atoms with E-state index in [2.05, 4.69) is 38.2 Å². The fraction of sp³-hybridized carbons (Fsp3) is 0.350. The third-order valence-corrected chi connectivity index (χ3v) is 5.19. The van der Waals surface area contributed by atoms with Crippen molar-refractivity contribution in [3.8, 4) is 0 Å². The van der Waals surface area contributed by atoms with Crippen LogP contribution in [-0.4, -0.2) is 37.6 Å². The van der Waals surface area contributed by atoms with E-state index in [0.717, 1.165) is 43.1 Å². The molecule has 3 aromatic heterocycles. The molecule has 0 aliphatic carbocycles. The molecule has 132 valence electrons. The second-order valence-electron chi connectivity index (χ2n) is 7.12.